The van der Waals surface area contributed by atoms with Gasteiger partial charge in [-0.2, -0.15) is 0 Å². The summed E-state index contributed by atoms with van der Waals surface area (Å²) in [6.45, 7) is 8.72. The second-order valence-corrected chi connectivity index (χ2v) is 7.90. The number of nitrogens with zero attached hydrogens (tertiary/aromatic N) is 1. The Morgan fingerprint density at radius 2 is 2.05 bits per heavy atom. The Labute approximate surface area is 123 Å². The van der Waals surface area contributed by atoms with E-state index in [4.69, 9.17) is 0 Å². The monoisotopic (exact) mass is 269 g/mol. The van der Waals surface area contributed by atoms with Crippen molar-refractivity contribution in [2.75, 3.05) is 11.4 Å². The highest BCUT2D eigenvalue weighted by atomic mass is 15.2. The molecule has 0 saturated heterocycles. The smallest absolute Gasteiger partial charge is 0.0438 e. The van der Waals surface area contributed by atoms with Gasteiger partial charge >= 0.3 is 0 Å². The van der Waals surface area contributed by atoms with Crippen LogP contribution in [0.15, 0.2) is 18.2 Å². The zero-order valence-corrected chi connectivity index (χ0v) is 13.2. The molecule has 2 aliphatic heterocycles. The quantitative estimate of drug-likeness (QED) is 0.657. The topological polar surface area (TPSA) is 3.24 Å². The molecule has 1 nitrogen and oxygen atoms in total. The van der Waals surface area contributed by atoms with Crippen molar-refractivity contribution in [3.63, 3.8) is 0 Å². The lowest BCUT2D eigenvalue weighted by molar-refractivity contribution is 0.150. The molecule has 0 N–H and O–H groups in total. The highest BCUT2D eigenvalue weighted by molar-refractivity contribution is 5.66. The molecule has 20 heavy (non-hydrogen) atoms. The van der Waals surface area contributed by atoms with Crippen molar-refractivity contribution in [2.45, 2.75) is 64.3 Å². The molecule has 3 aliphatic rings. The lowest BCUT2D eigenvalue weighted by Crippen LogP contribution is -2.57. The maximum atomic E-state index is 2.76. The lowest BCUT2D eigenvalue weighted by Gasteiger charge is -2.57. The Morgan fingerprint density at radius 3 is 2.90 bits per heavy atom. The van der Waals surface area contributed by atoms with Crippen molar-refractivity contribution >= 4 is 5.69 Å². The van der Waals surface area contributed by atoms with Crippen LogP contribution in [0.4, 0.5) is 5.69 Å². The first kappa shape index (κ1) is 12.7. The van der Waals surface area contributed by atoms with Crippen molar-refractivity contribution in [2.24, 2.45) is 11.8 Å². The number of hydrogen-bond acceptors (Lipinski definition) is 1. The van der Waals surface area contributed by atoms with E-state index in [-0.39, 0.29) is 0 Å². The van der Waals surface area contributed by atoms with E-state index in [0.29, 0.717) is 5.54 Å². The number of fused-ring (bicyclic) bond motifs is 2. The van der Waals surface area contributed by atoms with Crippen LogP contribution in [0.25, 0.3) is 0 Å². The first-order valence-electron chi connectivity index (χ1n) is 8.48. The molecule has 3 atom stereocenters. The molecule has 0 radical (unpaired) electrons. The van der Waals surface area contributed by atoms with Gasteiger partial charge in [-0.25, -0.2) is 0 Å². The predicted octanol–water partition coefficient (Wildman–Crippen LogP) is 4.75. The molecule has 0 aromatic heterocycles. The molecule has 108 valence electrons. The minimum atomic E-state index is 0.342. The molecule has 0 bridgehead atoms. The van der Waals surface area contributed by atoms with Crippen molar-refractivity contribution in [1.29, 1.82) is 0 Å². The van der Waals surface area contributed by atoms with E-state index in [1.165, 1.54) is 38.6 Å². The van der Waals surface area contributed by atoms with Crippen LogP contribution in [-0.2, 0) is 6.42 Å². The second-order valence-electron chi connectivity index (χ2n) is 7.90. The summed E-state index contributed by atoms with van der Waals surface area (Å²) in [7, 11) is 0. The number of rotatable bonds is 0. The van der Waals surface area contributed by atoms with Crippen LogP contribution in [0.1, 0.15) is 63.5 Å². The predicted molar refractivity (Wildman–Crippen MR) is 85.4 cm³/mol. The van der Waals surface area contributed by atoms with Crippen molar-refractivity contribution in [3.05, 3.63) is 29.3 Å². The molecule has 0 spiro atoms. The van der Waals surface area contributed by atoms with E-state index < -0.39 is 0 Å². The molecule has 1 aromatic carbocycles. The number of aryl methyl sites for hydroxylation is 1. The minimum absolute atomic E-state index is 0.342. The van der Waals surface area contributed by atoms with Crippen LogP contribution in [0.3, 0.4) is 0 Å². The van der Waals surface area contributed by atoms with Crippen molar-refractivity contribution < 1.29 is 0 Å². The zero-order valence-electron chi connectivity index (χ0n) is 13.2. The van der Waals surface area contributed by atoms with Gasteiger partial charge < -0.3 is 4.90 Å². The molecule has 1 saturated carbocycles. The Morgan fingerprint density at radius 1 is 1.20 bits per heavy atom. The van der Waals surface area contributed by atoms with E-state index in [2.05, 4.69) is 43.9 Å². The maximum Gasteiger partial charge on any atom is 0.0438 e. The highest BCUT2D eigenvalue weighted by Gasteiger charge is 2.49. The first-order valence-corrected chi connectivity index (χ1v) is 8.48. The largest absolute Gasteiger partial charge is 0.366 e. The fourth-order valence-corrected chi connectivity index (χ4v) is 5.33. The summed E-state index contributed by atoms with van der Waals surface area (Å²) >= 11 is 0. The number of anilines is 1. The Kier molecular flexibility index (Phi) is 2.71. The Balaban J connectivity index is 1.90. The SMILES string of the molecule is C[C@@H]1CC[C@@H]2[C@@H](C1)c1cccc3c1N(CCC3)C2(C)C. The number of benzene rings is 1. The molecule has 1 aromatic rings. The van der Waals surface area contributed by atoms with Gasteiger partial charge in [-0.05, 0) is 68.4 Å². The van der Waals surface area contributed by atoms with Crippen LogP contribution >= 0.6 is 0 Å². The fourth-order valence-electron chi connectivity index (χ4n) is 5.33. The molecule has 1 heteroatoms. The second kappa shape index (κ2) is 4.26. The number of para-hydroxylation sites is 1. The summed E-state index contributed by atoms with van der Waals surface area (Å²) in [5, 5.41) is 0. The fraction of sp³-hybridized carbons (Fsp3) is 0.684. The third-order valence-electron chi connectivity index (χ3n) is 6.36. The van der Waals surface area contributed by atoms with Crippen LogP contribution in [-0.4, -0.2) is 12.1 Å². The summed E-state index contributed by atoms with van der Waals surface area (Å²) in [6.07, 6.45) is 6.85. The first-order chi connectivity index (χ1) is 9.59. The van der Waals surface area contributed by atoms with Crippen molar-refractivity contribution in [1.82, 2.24) is 0 Å². The van der Waals surface area contributed by atoms with Crippen LogP contribution in [0, 0.1) is 11.8 Å². The summed E-state index contributed by atoms with van der Waals surface area (Å²) in [6, 6.07) is 7.11. The maximum absolute atomic E-state index is 2.76. The third kappa shape index (κ3) is 1.61. The van der Waals surface area contributed by atoms with Gasteiger partial charge in [0.2, 0.25) is 0 Å². The van der Waals surface area contributed by atoms with Gasteiger partial charge in [-0.15, -0.1) is 0 Å². The summed E-state index contributed by atoms with van der Waals surface area (Å²) < 4.78 is 0. The lowest BCUT2D eigenvalue weighted by atomic mass is 9.61. The van der Waals surface area contributed by atoms with E-state index in [1.54, 1.807) is 16.8 Å². The summed E-state index contributed by atoms with van der Waals surface area (Å²) in [5.41, 5.74) is 5.25. The molecular weight excluding hydrogens is 242 g/mol. The minimum Gasteiger partial charge on any atom is -0.366 e. The van der Waals surface area contributed by atoms with Gasteiger partial charge in [0, 0.05) is 17.8 Å². The van der Waals surface area contributed by atoms with Gasteiger partial charge in [0.15, 0.2) is 0 Å². The molecule has 1 fully saturated rings. The van der Waals surface area contributed by atoms with E-state index in [0.717, 1.165) is 17.8 Å². The summed E-state index contributed by atoms with van der Waals surface area (Å²) in [5.74, 6) is 2.55. The molecular formula is C19H27N. The van der Waals surface area contributed by atoms with Gasteiger partial charge in [-0.1, -0.05) is 31.5 Å². The highest BCUT2D eigenvalue weighted by Crippen LogP contribution is 2.55. The van der Waals surface area contributed by atoms with E-state index >= 15 is 0 Å². The van der Waals surface area contributed by atoms with Crippen LogP contribution in [0.5, 0.6) is 0 Å². The normalized spacial score (nSPS) is 34.4. The Bertz CT molecular complexity index is 531. The zero-order chi connectivity index (χ0) is 13.9. The molecule has 1 aliphatic carbocycles. The van der Waals surface area contributed by atoms with Gasteiger partial charge in [0.25, 0.3) is 0 Å². The van der Waals surface area contributed by atoms with Gasteiger partial charge in [-0.3, -0.25) is 0 Å². The molecule has 2 heterocycles. The summed E-state index contributed by atoms with van der Waals surface area (Å²) in [4.78, 5) is 2.76. The van der Waals surface area contributed by atoms with Gasteiger partial charge in [0.1, 0.15) is 0 Å². The molecule has 0 amide bonds. The van der Waals surface area contributed by atoms with Crippen LogP contribution < -0.4 is 4.90 Å². The standard InChI is InChI=1S/C19H27N/c1-13-9-10-17-16(12-13)15-8-4-6-14-7-5-11-20(18(14)15)19(17,2)3/h4,6,8,13,16-17H,5,7,9-12H2,1-3H3/t13-,16+,17-/m1/s1. The van der Waals surface area contributed by atoms with E-state index in [9.17, 15) is 0 Å². The average molecular weight is 269 g/mol. The van der Waals surface area contributed by atoms with Gasteiger partial charge in [0.05, 0.1) is 0 Å². The van der Waals surface area contributed by atoms with Crippen molar-refractivity contribution in [3.8, 4) is 0 Å². The van der Waals surface area contributed by atoms with E-state index in [1.807, 2.05) is 0 Å². The van der Waals surface area contributed by atoms with Crippen LogP contribution in [0.2, 0.25) is 0 Å². The molecule has 4 rings (SSSR count). The third-order valence-corrected chi connectivity index (χ3v) is 6.36. The average Bonchev–Trinajstić information content (AvgIpc) is 2.44. The number of hydrogen-bond donors (Lipinski definition) is 0. The molecule has 0 unspecified atom stereocenters. The Hall–Kier alpha value is -0.980.